The molecule has 12 heteroatoms. The molecule has 3 amide bonds. The zero-order valence-corrected chi connectivity index (χ0v) is 18.5. The highest BCUT2D eigenvalue weighted by atomic mass is 35.5. The lowest BCUT2D eigenvalue weighted by Crippen LogP contribution is -2.49. The second-order valence-corrected chi connectivity index (χ2v) is 8.62. The number of non-ortho nitro benzene ring substituents is 1. The minimum absolute atomic E-state index is 0.0450. The molecule has 0 bridgehead atoms. The topological polar surface area (TPSA) is 144 Å². The van der Waals surface area contributed by atoms with E-state index in [1.165, 1.54) is 30.3 Å². The van der Waals surface area contributed by atoms with Gasteiger partial charge in [0.15, 0.2) is 0 Å². The molecule has 0 N–H and O–H groups in total. The predicted molar refractivity (Wildman–Crippen MR) is 118 cm³/mol. The summed E-state index contributed by atoms with van der Waals surface area (Å²) < 4.78 is 0. The molecule has 4 rings (SSSR count). The Morgan fingerprint density at radius 1 is 1.00 bits per heavy atom. The molecular weight excluding hydrogens is 468 g/mol. The first-order valence-corrected chi connectivity index (χ1v) is 10.9. The van der Waals surface area contributed by atoms with Crippen LogP contribution in [-0.2, 0) is 16.1 Å². The third-order valence-electron chi connectivity index (χ3n) is 6.16. The smallest absolute Gasteiger partial charge is 0.272 e. The fraction of sp³-hybridized carbons (Fsp3) is 0.318. The van der Waals surface area contributed by atoms with Gasteiger partial charge in [-0.3, -0.25) is 34.6 Å². The molecule has 11 nitrogen and oxygen atoms in total. The van der Waals surface area contributed by atoms with Crippen LogP contribution >= 0.6 is 11.6 Å². The van der Waals surface area contributed by atoms with E-state index in [-0.39, 0.29) is 27.5 Å². The van der Waals surface area contributed by atoms with E-state index in [0.29, 0.717) is 12.8 Å². The van der Waals surface area contributed by atoms with Crippen LogP contribution in [0.2, 0.25) is 5.02 Å². The second kappa shape index (κ2) is 9.18. The number of benzene rings is 2. The van der Waals surface area contributed by atoms with Gasteiger partial charge in [-0.1, -0.05) is 30.5 Å². The SMILES string of the molecule is O=C(c1cccc([N+](=O)[O-])c1)N(Cc1ccc(Cl)cc1[N+](=O)[O-])N1C(=O)[C@@H]2CCCC[C@H]2C1=O. The number of amides is 3. The molecule has 1 saturated heterocycles. The number of hydrogen-bond donors (Lipinski definition) is 0. The van der Waals surface area contributed by atoms with Crippen molar-refractivity contribution in [3.8, 4) is 0 Å². The van der Waals surface area contributed by atoms with E-state index in [2.05, 4.69) is 0 Å². The number of nitro benzene ring substituents is 2. The summed E-state index contributed by atoms with van der Waals surface area (Å²) >= 11 is 5.89. The highest BCUT2D eigenvalue weighted by Crippen LogP contribution is 2.39. The zero-order valence-electron chi connectivity index (χ0n) is 17.8. The summed E-state index contributed by atoms with van der Waals surface area (Å²) in [4.78, 5) is 61.4. The quantitative estimate of drug-likeness (QED) is 0.342. The van der Waals surface area contributed by atoms with Crippen LogP contribution in [0.3, 0.4) is 0 Å². The van der Waals surface area contributed by atoms with Gasteiger partial charge in [-0.15, -0.1) is 0 Å². The summed E-state index contributed by atoms with van der Waals surface area (Å²) in [5.74, 6) is -3.10. The summed E-state index contributed by atoms with van der Waals surface area (Å²) in [5.41, 5.74) is -0.832. The maximum Gasteiger partial charge on any atom is 0.275 e. The summed E-state index contributed by atoms with van der Waals surface area (Å²) in [5, 5.41) is 24.5. The van der Waals surface area contributed by atoms with Crippen LogP contribution in [-0.4, -0.2) is 37.6 Å². The van der Waals surface area contributed by atoms with Crippen molar-refractivity contribution in [2.24, 2.45) is 11.8 Å². The standard InChI is InChI=1S/C22H19ClN4O7/c23-15-9-8-14(19(11-15)27(33)34)12-24(20(28)13-4-3-5-16(10-13)26(31)32)25-21(29)17-6-1-2-7-18(17)22(25)30/h3-5,8-11,17-18H,1-2,6-7,12H2/t17-,18-/m1/s1. The van der Waals surface area contributed by atoms with E-state index in [9.17, 15) is 34.6 Å². The molecule has 1 heterocycles. The molecule has 1 aliphatic heterocycles. The first-order valence-electron chi connectivity index (χ1n) is 10.6. The maximum absolute atomic E-state index is 13.5. The number of hydrazine groups is 1. The van der Waals surface area contributed by atoms with Crippen molar-refractivity contribution in [3.05, 3.63) is 78.8 Å². The van der Waals surface area contributed by atoms with Crippen LogP contribution < -0.4 is 0 Å². The average Bonchev–Trinajstić information content (AvgIpc) is 3.08. The molecule has 1 aliphatic carbocycles. The van der Waals surface area contributed by atoms with Crippen LogP contribution in [0.25, 0.3) is 0 Å². The minimum atomic E-state index is -0.867. The molecule has 0 unspecified atom stereocenters. The molecule has 2 fully saturated rings. The summed E-state index contributed by atoms with van der Waals surface area (Å²) in [6.07, 6.45) is 2.56. The zero-order chi connectivity index (χ0) is 24.6. The third kappa shape index (κ3) is 4.21. The molecule has 0 radical (unpaired) electrons. The van der Waals surface area contributed by atoms with Crippen molar-refractivity contribution >= 4 is 40.7 Å². The second-order valence-electron chi connectivity index (χ2n) is 8.19. The van der Waals surface area contributed by atoms with Gasteiger partial charge in [0.2, 0.25) is 0 Å². The fourth-order valence-corrected chi connectivity index (χ4v) is 4.69. The number of halogens is 1. The summed E-state index contributed by atoms with van der Waals surface area (Å²) in [7, 11) is 0. The Morgan fingerprint density at radius 3 is 2.24 bits per heavy atom. The van der Waals surface area contributed by atoms with E-state index in [0.717, 1.165) is 35.0 Å². The van der Waals surface area contributed by atoms with Crippen molar-refractivity contribution in [1.82, 2.24) is 10.0 Å². The Hall–Kier alpha value is -3.86. The van der Waals surface area contributed by atoms with Gasteiger partial charge in [-0.05, 0) is 31.0 Å². The Balaban J connectivity index is 1.79. The predicted octanol–water partition coefficient (Wildman–Crippen LogP) is 3.89. The molecule has 2 aliphatic rings. The first-order chi connectivity index (χ1) is 16.2. The number of fused-ring (bicyclic) bond motifs is 1. The van der Waals surface area contributed by atoms with Crippen molar-refractivity contribution in [2.75, 3.05) is 0 Å². The van der Waals surface area contributed by atoms with Crippen LogP contribution in [0.4, 0.5) is 11.4 Å². The number of hydrogen-bond acceptors (Lipinski definition) is 7. The number of imide groups is 1. The van der Waals surface area contributed by atoms with E-state index in [1.807, 2.05) is 0 Å². The van der Waals surface area contributed by atoms with E-state index >= 15 is 0 Å². The molecule has 2 aromatic rings. The fourth-order valence-electron chi connectivity index (χ4n) is 4.52. The average molecular weight is 487 g/mol. The van der Waals surface area contributed by atoms with Gasteiger partial charge in [0.05, 0.1) is 33.8 Å². The Bertz CT molecular complexity index is 1190. The molecule has 0 aromatic heterocycles. The number of nitrogens with zero attached hydrogens (tertiary/aromatic N) is 4. The largest absolute Gasteiger partial charge is 0.275 e. The molecule has 2 atom stereocenters. The van der Waals surface area contributed by atoms with Crippen LogP contribution in [0.5, 0.6) is 0 Å². The number of carbonyl (C=O) groups excluding carboxylic acids is 3. The Kier molecular flexibility index (Phi) is 6.29. The Labute approximate surface area is 198 Å². The number of rotatable bonds is 6. The first kappa shape index (κ1) is 23.3. The lowest BCUT2D eigenvalue weighted by Gasteiger charge is -2.30. The lowest BCUT2D eigenvalue weighted by molar-refractivity contribution is -0.385. The summed E-state index contributed by atoms with van der Waals surface area (Å²) in [6, 6.07) is 8.70. The van der Waals surface area contributed by atoms with Crippen LogP contribution in [0.15, 0.2) is 42.5 Å². The van der Waals surface area contributed by atoms with Gasteiger partial charge < -0.3 is 0 Å². The molecule has 0 spiro atoms. The van der Waals surface area contributed by atoms with Gasteiger partial charge in [-0.2, -0.15) is 5.01 Å². The van der Waals surface area contributed by atoms with Gasteiger partial charge in [0.1, 0.15) is 0 Å². The van der Waals surface area contributed by atoms with Gasteiger partial charge >= 0.3 is 0 Å². The van der Waals surface area contributed by atoms with Gasteiger partial charge in [0, 0.05) is 28.8 Å². The van der Waals surface area contributed by atoms with Crippen LogP contribution in [0.1, 0.15) is 41.6 Å². The number of nitro groups is 2. The van der Waals surface area contributed by atoms with Crippen LogP contribution in [0, 0.1) is 32.1 Å². The molecule has 2 aromatic carbocycles. The van der Waals surface area contributed by atoms with Crippen molar-refractivity contribution in [2.45, 2.75) is 32.2 Å². The monoisotopic (exact) mass is 486 g/mol. The van der Waals surface area contributed by atoms with E-state index < -0.39 is 45.9 Å². The molecule has 176 valence electrons. The van der Waals surface area contributed by atoms with E-state index in [1.54, 1.807) is 0 Å². The van der Waals surface area contributed by atoms with Crippen molar-refractivity contribution in [1.29, 1.82) is 0 Å². The normalized spacial score (nSPS) is 19.6. The van der Waals surface area contributed by atoms with Crippen molar-refractivity contribution in [3.63, 3.8) is 0 Å². The van der Waals surface area contributed by atoms with Gasteiger partial charge in [0.25, 0.3) is 29.1 Å². The highest BCUT2D eigenvalue weighted by Gasteiger charge is 2.51. The third-order valence-corrected chi connectivity index (χ3v) is 6.40. The minimum Gasteiger partial charge on any atom is -0.272 e. The van der Waals surface area contributed by atoms with E-state index in [4.69, 9.17) is 11.6 Å². The van der Waals surface area contributed by atoms with Crippen molar-refractivity contribution < 1.29 is 24.2 Å². The lowest BCUT2D eigenvalue weighted by atomic mass is 9.81. The van der Waals surface area contributed by atoms with Gasteiger partial charge in [-0.25, -0.2) is 5.01 Å². The Morgan fingerprint density at radius 2 is 1.65 bits per heavy atom. The molecular formula is C22H19ClN4O7. The molecule has 1 saturated carbocycles. The maximum atomic E-state index is 13.5. The molecule has 34 heavy (non-hydrogen) atoms. The highest BCUT2D eigenvalue weighted by molar-refractivity contribution is 6.30. The summed E-state index contributed by atoms with van der Waals surface area (Å²) in [6.45, 7) is -0.480. The number of carbonyl (C=O) groups is 3.